The maximum atomic E-state index is 10.8. The first-order valence-corrected chi connectivity index (χ1v) is 3.98. The molecule has 13 heavy (non-hydrogen) atoms. The van der Waals surface area contributed by atoms with Crippen molar-refractivity contribution >= 4 is 11.9 Å². The predicted molar refractivity (Wildman–Crippen MR) is 51.1 cm³/mol. The van der Waals surface area contributed by atoms with Gasteiger partial charge >= 0.3 is 5.97 Å². The van der Waals surface area contributed by atoms with Gasteiger partial charge in [-0.25, -0.2) is 4.99 Å². The quantitative estimate of drug-likeness (QED) is 0.196. The zero-order valence-corrected chi connectivity index (χ0v) is 7.53. The number of hydrogen-bond acceptors (Lipinski definition) is 3. The molecule has 0 aromatic carbocycles. The van der Waals surface area contributed by atoms with E-state index in [0.29, 0.717) is 6.61 Å². The van der Waals surface area contributed by atoms with Crippen LogP contribution in [-0.2, 0) is 9.53 Å². The van der Waals surface area contributed by atoms with Crippen molar-refractivity contribution in [3.8, 4) is 0 Å². The molecule has 0 radical (unpaired) electrons. The summed E-state index contributed by atoms with van der Waals surface area (Å²) in [4.78, 5) is 14.3. The van der Waals surface area contributed by atoms with Gasteiger partial charge in [0.05, 0.1) is 6.61 Å². The summed E-state index contributed by atoms with van der Waals surface area (Å²) in [6.45, 7) is 3.81. The molecule has 0 bridgehead atoms. The van der Waals surface area contributed by atoms with E-state index in [1.54, 1.807) is 6.08 Å². The van der Waals surface area contributed by atoms with Gasteiger partial charge in [0.1, 0.15) is 6.54 Å². The van der Waals surface area contributed by atoms with Crippen molar-refractivity contribution in [1.29, 1.82) is 0 Å². The van der Waals surface area contributed by atoms with Gasteiger partial charge in [-0.05, 0) is 12.8 Å². The third kappa shape index (κ3) is 8.39. The molecule has 0 aliphatic rings. The Kier molecular flexibility index (Phi) is 6.31. The lowest BCUT2D eigenvalue weighted by atomic mass is 10.3. The van der Waals surface area contributed by atoms with Crippen LogP contribution in [0.4, 0.5) is 0 Å². The number of hydrogen-bond donors (Lipinski definition) is 2. The highest BCUT2D eigenvalue weighted by molar-refractivity contribution is 5.80. The molecular weight excluding hydrogens is 170 g/mol. The Morgan fingerprint density at radius 1 is 1.54 bits per heavy atom. The number of unbranched alkanes of at least 4 members (excludes halogenated alkanes) is 1. The molecule has 0 heterocycles. The van der Waals surface area contributed by atoms with Crippen molar-refractivity contribution in [2.75, 3.05) is 13.2 Å². The summed E-state index contributed by atoms with van der Waals surface area (Å²) in [5.41, 5.74) is 10.0. The van der Waals surface area contributed by atoms with E-state index >= 15 is 0 Å². The van der Waals surface area contributed by atoms with E-state index in [0.717, 1.165) is 12.8 Å². The molecule has 5 heteroatoms. The Hall–Kier alpha value is -1.52. The first-order chi connectivity index (χ1) is 6.16. The minimum absolute atomic E-state index is 0.108. The van der Waals surface area contributed by atoms with Crippen LogP contribution in [0.2, 0.25) is 0 Å². The Morgan fingerprint density at radius 3 is 2.77 bits per heavy atom. The van der Waals surface area contributed by atoms with E-state index in [1.165, 1.54) is 0 Å². The molecule has 74 valence electrons. The smallest absolute Gasteiger partial charge is 0.327 e. The monoisotopic (exact) mass is 185 g/mol. The molecule has 0 rings (SSSR count). The molecule has 0 aromatic rings. The van der Waals surface area contributed by atoms with Crippen molar-refractivity contribution in [1.82, 2.24) is 0 Å². The molecule has 0 amide bonds. The summed E-state index contributed by atoms with van der Waals surface area (Å²) in [5, 5.41) is 0. The summed E-state index contributed by atoms with van der Waals surface area (Å²) in [6, 6.07) is 0. The molecule has 0 fully saturated rings. The number of nitrogens with two attached hydrogens (primary N) is 2. The Morgan fingerprint density at radius 2 is 2.23 bits per heavy atom. The fourth-order valence-corrected chi connectivity index (χ4v) is 0.615. The highest BCUT2D eigenvalue weighted by Gasteiger charge is 1.99. The second-order valence-electron chi connectivity index (χ2n) is 2.39. The van der Waals surface area contributed by atoms with Crippen LogP contribution in [0.5, 0.6) is 0 Å². The molecule has 0 saturated carbocycles. The topological polar surface area (TPSA) is 90.7 Å². The lowest BCUT2D eigenvalue weighted by Gasteiger charge is -2.00. The molecule has 0 aliphatic heterocycles. The van der Waals surface area contributed by atoms with Gasteiger partial charge in [0.25, 0.3) is 0 Å². The van der Waals surface area contributed by atoms with Gasteiger partial charge in [0.15, 0.2) is 5.96 Å². The van der Waals surface area contributed by atoms with Crippen LogP contribution in [0.1, 0.15) is 12.8 Å². The number of guanidine groups is 1. The molecular formula is C8H15N3O2. The molecule has 0 unspecified atom stereocenters. The average Bonchev–Trinajstić information content (AvgIpc) is 2.09. The SMILES string of the molecule is C=CCCCOC(=O)CN=C(N)N. The normalized spacial score (nSPS) is 8.92. The standard InChI is InChI=1S/C8H15N3O2/c1-2-3-4-5-13-7(12)6-11-8(9)10/h2H,1,3-6H2,(H4,9,10,11). The molecule has 5 nitrogen and oxygen atoms in total. The van der Waals surface area contributed by atoms with Crippen molar-refractivity contribution < 1.29 is 9.53 Å². The fourth-order valence-electron chi connectivity index (χ4n) is 0.615. The van der Waals surface area contributed by atoms with E-state index in [9.17, 15) is 4.79 Å². The molecule has 0 saturated heterocycles. The summed E-state index contributed by atoms with van der Waals surface area (Å²) in [6.07, 6.45) is 3.37. The van der Waals surface area contributed by atoms with Crippen LogP contribution in [0.15, 0.2) is 17.6 Å². The van der Waals surface area contributed by atoms with Crippen molar-refractivity contribution in [3.63, 3.8) is 0 Å². The number of esters is 1. The molecule has 0 aromatic heterocycles. The van der Waals surface area contributed by atoms with Crippen molar-refractivity contribution in [2.45, 2.75) is 12.8 Å². The highest BCUT2D eigenvalue weighted by Crippen LogP contribution is 1.90. The van der Waals surface area contributed by atoms with Crippen LogP contribution in [-0.4, -0.2) is 25.1 Å². The predicted octanol–water partition coefficient (Wildman–Crippen LogP) is -0.231. The van der Waals surface area contributed by atoms with Crippen LogP contribution in [0, 0.1) is 0 Å². The third-order valence-electron chi connectivity index (χ3n) is 1.21. The number of nitrogens with zero attached hydrogens (tertiary/aromatic N) is 1. The van der Waals surface area contributed by atoms with Crippen molar-refractivity contribution in [3.05, 3.63) is 12.7 Å². The summed E-state index contributed by atoms with van der Waals surface area (Å²) >= 11 is 0. The second-order valence-corrected chi connectivity index (χ2v) is 2.39. The zero-order chi connectivity index (χ0) is 10.1. The van der Waals surface area contributed by atoms with Gasteiger partial charge in [-0.2, -0.15) is 0 Å². The largest absolute Gasteiger partial charge is 0.464 e. The average molecular weight is 185 g/mol. The number of allylic oxidation sites excluding steroid dienone is 1. The van der Waals surface area contributed by atoms with Crippen LogP contribution < -0.4 is 11.5 Å². The van der Waals surface area contributed by atoms with E-state index in [1.807, 2.05) is 0 Å². The van der Waals surface area contributed by atoms with E-state index in [4.69, 9.17) is 16.2 Å². The number of carbonyl (C=O) groups is 1. The molecule has 0 spiro atoms. The first kappa shape index (κ1) is 11.5. The maximum Gasteiger partial charge on any atom is 0.327 e. The van der Waals surface area contributed by atoms with Gasteiger partial charge < -0.3 is 16.2 Å². The summed E-state index contributed by atoms with van der Waals surface area (Å²) in [7, 11) is 0. The first-order valence-electron chi connectivity index (χ1n) is 3.98. The maximum absolute atomic E-state index is 10.8. The summed E-state index contributed by atoms with van der Waals surface area (Å²) in [5.74, 6) is -0.527. The van der Waals surface area contributed by atoms with Gasteiger partial charge in [-0.15, -0.1) is 6.58 Å². The fraction of sp³-hybridized carbons (Fsp3) is 0.500. The van der Waals surface area contributed by atoms with Crippen molar-refractivity contribution in [2.24, 2.45) is 16.5 Å². The molecule has 4 N–H and O–H groups in total. The lowest BCUT2D eigenvalue weighted by molar-refractivity contribution is -0.141. The number of carbonyl (C=O) groups excluding carboxylic acids is 1. The summed E-state index contributed by atoms with van der Waals surface area (Å²) < 4.78 is 4.79. The van der Waals surface area contributed by atoms with Gasteiger partial charge in [-0.1, -0.05) is 6.08 Å². The number of aliphatic imine (C=N–C) groups is 1. The van der Waals surface area contributed by atoms with Gasteiger partial charge in [0.2, 0.25) is 0 Å². The second kappa shape index (κ2) is 7.15. The highest BCUT2D eigenvalue weighted by atomic mass is 16.5. The molecule has 0 aliphatic carbocycles. The van der Waals surface area contributed by atoms with E-state index in [2.05, 4.69) is 11.6 Å². The van der Waals surface area contributed by atoms with Crippen LogP contribution >= 0.6 is 0 Å². The van der Waals surface area contributed by atoms with Gasteiger partial charge in [-0.3, -0.25) is 4.79 Å². The van der Waals surface area contributed by atoms with E-state index < -0.39 is 5.97 Å². The third-order valence-corrected chi connectivity index (χ3v) is 1.21. The molecule has 0 atom stereocenters. The minimum Gasteiger partial charge on any atom is -0.464 e. The Labute approximate surface area is 77.5 Å². The zero-order valence-electron chi connectivity index (χ0n) is 7.53. The van der Waals surface area contributed by atoms with Crippen LogP contribution in [0.25, 0.3) is 0 Å². The van der Waals surface area contributed by atoms with Gasteiger partial charge in [0, 0.05) is 0 Å². The lowest BCUT2D eigenvalue weighted by Crippen LogP contribution is -2.24. The number of ether oxygens (including phenoxy) is 1. The van der Waals surface area contributed by atoms with E-state index in [-0.39, 0.29) is 12.5 Å². The Balaban J connectivity index is 3.41. The van der Waals surface area contributed by atoms with Crippen LogP contribution in [0.3, 0.4) is 0 Å². The Bertz CT molecular complexity index is 198. The minimum atomic E-state index is -0.419. The number of rotatable bonds is 6.